The van der Waals surface area contributed by atoms with Gasteiger partial charge in [-0.15, -0.1) is 0 Å². The van der Waals surface area contributed by atoms with Crippen LogP contribution >= 0.6 is 0 Å². The molecule has 0 saturated heterocycles. The van der Waals surface area contributed by atoms with E-state index in [-0.39, 0.29) is 17.7 Å². The summed E-state index contributed by atoms with van der Waals surface area (Å²) in [5.74, 6) is 1.60. The molecule has 35 heavy (non-hydrogen) atoms. The zero-order valence-electron chi connectivity index (χ0n) is 19.3. The largest absolute Gasteiger partial charge is 0.488 e. The third kappa shape index (κ3) is 6.17. The second kappa shape index (κ2) is 10.4. The fraction of sp³-hybridized carbons (Fsp3) is 0.333. The minimum Gasteiger partial charge on any atom is -0.488 e. The van der Waals surface area contributed by atoms with Gasteiger partial charge < -0.3 is 24.3 Å². The maximum atomic E-state index is 13.1. The van der Waals surface area contributed by atoms with E-state index in [9.17, 15) is 12.8 Å². The van der Waals surface area contributed by atoms with Gasteiger partial charge in [0.1, 0.15) is 41.8 Å². The van der Waals surface area contributed by atoms with E-state index in [2.05, 4.69) is 15.0 Å². The SMILES string of the molecule is C[C@@H](CF)Oc1cc(Oc2ccc(S(C)(=O)=O)nc2)cc(-c2ccc(C3=NC[C@H](CCO)O3)[nH]2)c1. The zero-order valence-corrected chi connectivity index (χ0v) is 20.1. The van der Waals surface area contributed by atoms with Crippen molar-refractivity contribution in [1.82, 2.24) is 9.97 Å². The van der Waals surface area contributed by atoms with Crippen molar-refractivity contribution in [2.24, 2.45) is 4.99 Å². The van der Waals surface area contributed by atoms with Crippen LogP contribution < -0.4 is 9.47 Å². The lowest BCUT2D eigenvalue weighted by atomic mass is 10.1. The highest BCUT2D eigenvalue weighted by Gasteiger charge is 2.22. The maximum absolute atomic E-state index is 13.1. The van der Waals surface area contributed by atoms with Gasteiger partial charge in [-0.25, -0.2) is 22.8 Å². The van der Waals surface area contributed by atoms with Crippen molar-refractivity contribution < 1.29 is 32.1 Å². The van der Waals surface area contributed by atoms with Gasteiger partial charge in [-0.3, -0.25) is 0 Å². The summed E-state index contributed by atoms with van der Waals surface area (Å²) in [5.41, 5.74) is 2.12. The molecular formula is C24H26FN3O6S. The molecule has 0 spiro atoms. The molecule has 0 aliphatic carbocycles. The van der Waals surface area contributed by atoms with Crippen LogP contribution in [-0.4, -0.2) is 67.7 Å². The Labute approximate surface area is 202 Å². The van der Waals surface area contributed by atoms with E-state index in [1.54, 1.807) is 25.1 Å². The number of pyridine rings is 1. The number of benzene rings is 1. The zero-order chi connectivity index (χ0) is 25.0. The molecule has 0 unspecified atom stereocenters. The topological polar surface area (TPSA) is 123 Å². The lowest BCUT2D eigenvalue weighted by Crippen LogP contribution is -2.15. The van der Waals surface area contributed by atoms with Crippen LogP contribution in [0.1, 0.15) is 19.0 Å². The number of alkyl halides is 1. The molecule has 0 bridgehead atoms. The summed E-state index contributed by atoms with van der Waals surface area (Å²) in [7, 11) is -3.43. The quantitative estimate of drug-likeness (QED) is 0.434. The second-order valence-electron chi connectivity index (χ2n) is 8.17. The van der Waals surface area contributed by atoms with Crippen LogP contribution in [0.15, 0.2) is 58.7 Å². The first-order chi connectivity index (χ1) is 16.7. The minimum absolute atomic E-state index is 0.0306. The summed E-state index contributed by atoms with van der Waals surface area (Å²) in [6.07, 6.45) is 2.10. The molecule has 0 saturated carbocycles. The first kappa shape index (κ1) is 24.7. The number of H-pyrrole nitrogens is 1. The van der Waals surface area contributed by atoms with E-state index >= 15 is 0 Å². The third-order valence-electron chi connectivity index (χ3n) is 5.15. The Balaban J connectivity index is 1.60. The van der Waals surface area contributed by atoms with Gasteiger partial charge in [0.2, 0.25) is 5.90 Å². The number of nitrogens with one attached hydrogen (secondary N) is 1. The number of aliphatic hydroxyl groups excluding tert-OH is 1. The molecule has 2 atom stereocenters. The molecule has 3 aromatic rings. The van der Waals surface area contributed by atoms with Crippen molar-refractivity contribution >= 4 is 15.7 Å². The number of rotatable bonds is 10. The van der Waals surface area contributed by atoms with Crippen molar-refractivity contribution in [2.45, 2.75) is 30.6 Å². The fourth-order valence-electron chi connectivity index (χ4n) is 3.45. The van der Waals surface area contributed by atoms with Crippen LogP contribution in [0.5, 0.6) is 17.2 Å². The molecule has 4 rings (SSSR count). The molecule has 1 aliphatic heterocycles. The van der Waals surface area contributed by atoms with Gasteiger partial charge in [0.15, 0.2) is 14.9 Å². The van der Waals surface area contributed by atoms with Gasteiger partial charge in [0.05, 0.1) is 12.7 Å². The Bertz CT molecular complexity index is 1310. The highest BCUT2D eigenvalue weighted by molar-refractivity contribution is 7.90. The number of aliphatic hydroxyl groups is 1. The smallest absolute Gasteiger partial charge is 0.233 e. The molecular weight excluding hydrogens is 477 g/mol. The average Bonchev–Trinajstić information content (AvgIpc) is 3.49. The van der Waals surface area contributed by atoms with E-state index in [1.165, 1.54) is 18.3 Å². The molecule has 1 aliphatic rings. The van der Waals surface area contributed by atoms with Crippen LogP contribution in [0.25, 0.3) is 11.3 Å². The summed E-state index contributed by atoms with van der Waals surface area (Å²) < 4.78 is 53.7. The number of halogens is 1. The molecule has 2 aromatic heterocycles. The maximum Gasteiger partial charge on any atom is 0.233 e. The number of hydrogen-bond donors (Lipinski definition) is 2. The summed E-state index contributed by atoms with van der Waals surface area (Å²) in [4.78, 5) is 11.6. The molecule has 9 nitrogen and oxygen atoms in total. The van der Waals surface area contributed by atoms with Crippen molar-refractivity contribution in [3.8, 4) is 28.5 Å². The van der Waals surface area contributed by atoms with E-state index < -0.39 is 22.6 Å². The number of sulfone groups is 1. The van der Waals surface area contributed by atoms with E-state index in [4.69, 9.17) is 19.3 Å². The monoisotopic (exact) mass is 503 g/mol. The first-order valence-electron chi connectivity index (χ1n) is 11.0. The second-order valence-corrected chi connectivity index (χ2v) is 10.1. The van der Waals surface area contributed by atoms with Crippen LogP contribution in [0.2, 0.25) is 0 Å². The number of aliphatic imine (C=N–C) groups is 1. The first-order valence-corrected chi connectivity index (χ1v) is 12.9. The molecule has 3 heterocycles. The Morgan fingerprint density at radius 3 is 2.63 bits per heavy atom. The van der Waals surface area contributed by atoms with Crippen molar-refractivity contribution in [3.63, 3.8) is 0 Å². The predicted molar refractivity (Wildman–Crippen MR) is 128 cm³/mol. The number of aromatic amines is 1. The summed E-state index contributed by atoms with van der Waals surface area (Å²) >= 11 is 0. The molecule has 186 valence electrons. The number of hydrogen-bond acceptors (Lipinski definition) is 8. The van der Waals surface area contributed by atoms with Crippen LogP contribution in [0.4, 0.5) is 4.39 Å². The average molecular weight is 504 g/mol. The Kier molecular flexibility index (Phi) is 7.37. The lowest BCUT2D eigenvalue weighted by Gasteiger charge is -2.14. The number of ether oxygens (including phenoxy) is 3. The van der Waals surface area contributed by atoms with E-state index in [1.807, 2.05) is 12.1 Å². The van der Waals surface area contributed by atoms with Crippen molar-refractivity contribution in [1.29, 1.82) is 0 Å². The van der Waals surface area contributed by atoms with Crippen molar-refractivity contribution in [3.05, 3.63) is 54.4 Å². The van der Waals surface area contributed by atoms with Crippen LogP contribution in [-0.2, 0) is 14.6 Å². The van der Waals surface area contributed by atoms with Gasteiger partial charge in [-0.2, -0.15) is 0 Å². The van der Waals surface area contributed by atoms with E-state index in [0.29, 0.717) is 47.4 Å². The Morgan fingerprint density at radius 1 is 1.17 bits per heavy atom. The minimum atomic E-state index is -3.43. The summed E-state index contributed by atoms with van der Waals surface area (Å²) in [5, 5.41) is 9.05. The molecule has 11 heteroatoms. The normalized spacial score (nSPS) is 16.5. The van der Waals surface area contributed by atoms with Gasteiger partial charge >= 0.3 is 0 Å². The lowest BCUT2D eigenvalue weighted by molar-refractivity contribution is 0.169. The standard InChI is InChI=1S/C24H26FN3O6S/c1-15(12-25)32-19-9-16(21-4-5-22(28-21)24-27-14-18(34-24)7-8-29)10-20(11-19)33-17-3-6-23(26-13-17)35(2,30)31/h3-6,9-11,13,15,18,28-29H,7-8,12,14H2,1-2H3/t15-,18-/m0/s1. The Morgan fingerprint density at radius 2 is 1.94 bits per heavy atom. The van der Waals surface area contributed by atoms with Gasteiger partial charge in [-0.1, -0.05) is 0 Å². The highest BCUT2D eigenvalue weighted by Crippen LogP contribution is 2.33. The molecule has 2 N–H and O–H groups in total. The number of aromatic nitrogens is 2. The summed E-state index contributed by atoms with van der Waals surface area (Å²) in [6, 6.07) is 11.7. The van der Waals surface area contributed by atoms with Crippen LogP contribution in [0.3, 0.4) is 0 Å². The fourth-order valence-corrected chi connectivity index (χ4v) is 4.01. The molecule has 0 radical (unpaired) electrons. The molecule has 0 fully saturated rings. The predicted octanol–water partition coefficient (Wildman–Crippen LogP) is 3.54. The number of nitrogens with zero attached hydrogens (tertiary/aromatic N) is 2. The van der Waals surface area contributed by atoms with Crippen LogP contribution in [0, 0.1) is 0 Å². The highest BCUT2D eigenvalue weighted by atomic mass is 32.2. The third-order valence-corrected chi connectivity index (χ3v) is 6.16. The van der Waals surface area contributed by atoms with E-state index in [0.717, 1.165) is 11.9 Å². The molecule has 1 aromatic carbocycles. The van der Waals surface area contributed by atoms with Crippen molar-refractivity contribution in [2.75, 3.05) is 26.1 Å². The van der Waals surface area contributed by atoms with Gasteiger partial charge in [0, 0.05) is 36.6 Å². The van der Waals surface area contributed by atoms with Gasteiger partial charge in [0.25, 0.3) is 0 Å². The molecule has 0 amide bonds. The summed E-state index contributed by atoms with van der Waals surface area (Å²) in [6.45, 7) is 1.48. The Hall–Kier alpha value is -3.44. The van der Waals surface area contributed by atoms with Gasteiger partial charge in [-0.05, 0) is 43.3 Å².